The van der Waals surface area contributed by atoms with Crippen LogP contribution in [0.2, 0.25) is 0 Å². The summed E-state index contributed by atoms with van der Waals surface area (Å²) in [5, 5.41) is 24.4. The summed E-state index contributed by atoms with van der Waals surface area (Å²) in [4.78, 5) is 4.52. The molecular weight excluding hydrogens is 332 g/mol. The minimum Gasteiger partial charge on any atom is -0.387 e. The number of nitrogens with zero attached hydrogens (tertiary/aromatic N) is 1. The van der Waals surface area contributed by atoms with Crippen molar-refractivity contribution in [2.45, 2.75) is 37.1 Å². The second kappa shape index (κ2) is 6.91. The Hall–Kier alpha value is -1.29. The normalized spacial score (nSPS) is 33.8. The Balaban J connectivity index is 1.48. The first kappa shape index (κ1) is 16.2. The molecule has 1 aromatic carbocycles. The van der Waals surface area contributed by atoms with Crippen LogP contribution in [0.4, 0.5) is 5.13 Å². The molecule has 3 aliphatic heterocycles. The van der Waals surface area contributed by atoms with Gasteiger partial charge in [-0.2, -0.15) is 0 Å². The first-order valence-electron chi connectivity index (χ1n) is 8.06. The summed E-state index contributed by atoms with van der Waals surface area (Å²) in [5.74, 6) is 0. The fourth-order valence-corrected chi connectivity index (χ4v) is 3.90. The van der Waals surface area contributed by atoms with E-state index in [1.807, 2.05) is 24.3 Å². The molecule has 8 heteroatoms. The van der Waals surface area contributed by atoms with Gasteiger partial charge < -0.3 is 29.7 Å². The number of fused-ring (bicyclic) bond motifs is 7. The second-order valence-corrected chi connectivity index (χ2v) is 6.98. The van der Waals surface area contributed by atoms with Crippen molar-refractivity contribution in [3.8, 4) is 0 Å². The third-order valence-electron chi connectivity index (χ3n) is 4.27. The third-order valence-corrected chi connectivity index (χ3v) is 5.26. The number of para-hydroxylation sites is 1. The minimum absolute atomic E-state index is 0.411. The van der Waals surface area contributed by atoms with E-state index in [0.29, 0.717) is 26.2 Å². The van der Waals surface area contributed by atoms with E-state index in [-0.39, 0.29) is 0 Å². The van der Waals surface area contributed by atoms with Crippen molar-refractivity contribution < 1.29 is 24.4 Å². The summed E-state index contributed by atoms with van der Waals surface area (Å²) >= 11 is 1.56. The Morgan fingerprint density at radius 1 is 1.17 bits per heavy atom. The van der Waals surface area contributed by atoms with E-state index in [9.17, 15) is 10.2 Å². The highest BCUT2D eigenvalue weighted by Gasteiger charge is 2.46. The van der Waals surface area contributed by atoms with Gasteiger partial charge in [0.05, 0.1) is 16.8 Å². The van der Waals surface area contributed by atoms with Crippen molar-refractivity contribution in [1.82, 2.24) is 4.98 Å². The molecule has 5 rings (SSSR count). The van der Waals surface area contributed by atoms with E-state index in [4.69, 9.17) is 14.2 Å². The van der Waals surface area contributed by atoms with Crippen LogP contribution >= 0.6 is 11.3 Å². The number of aliphatic hydroxyl groups is 2. The topological polar surface area (TPSA) is 93.1 Å². The maximum absolute atomic E-state index is 10.3. The molecule has 3 fully saturated rings. The summed E-state index contributed by atoms with van der Waals surface area (Å²) in [7, 11) is 0. The van der Waals surface area contributed by atoms with Crippen LogP contribution in [0.15, 0.2) is 24.3 Å². The van der Waals surface area contributed by atoms with Gasteiger partial charge in [0, 0.05) is 13.2 Å². The van der Waals surface area contributed by atoms with Gasteiger partial charge in [-0.05, 0) is 18.6 Å². The number of anilines is 1. The van der Waals surface area contributed by atoms with Gasteiger partial charge in [-0.25, -0.2) is 4.98 Å². The zero-order valence-electron chi connectivity index (χ0n) is 13.0. The first-order chi connectivity index (χ1) is 11.7. The van der Waals surface area contributed by atoms with Crippen LogP contribution in [0.5, 0.6) is 0 Å². The lowest BCUT2D eigenvalue weighted by Crippen LogP contribution is -2.60. The number of aliphatic hydroxyl groups excluding tert-OH is 2. The first-order valence-corrected chi connectivity index (χ1v) is 8.88. The predicted octanol–water partition coefficient (Wildman–Crippen LogP) is 0.960. The minimum atomic E-state index is -1.10. The van der Waals surface area contributed by atoms with Crippen LogP contribution in [0.25, 0.3) is 10.2 Å². The van der Waals surface area contributed by atoms with Gasteiger partial charge in [-0.3, -0.25) is 0 Å². The zero-order chi connectivity index (χ0) is 16.5. The summed E-state index contributed by atoms with van der Waals surface area (Å²) in [6, 6.07) is 7.92. The Bertz CT molecular complexity index is 661. The van der Waals surface area contributed by atoms with Crippen LogP contribution in [-0.4, -0.2) is 65.7 Å². The summed E-state index contributed by atoms with van der Waals surface area (Å²) in [5.41, 5.74) is 0.942. The van der Waals surface area contributed by atoms with Crippen LogP contribution in [0.3, 0.4) is 0 Å². The van der Waals surface area contributed by atoms with Gasteiger partial charge in [-0.15, -0.1) is 0 Å². The quantitative estimate of drug-likeness (QED) is 0.758. The highest BCUT2D eigenvalue weighted by atomic mass is 32.1. The second-order valence-electron chi connectivity index (χ2n) is 5.95. The molecule has 0 radical (unpaired) electrons. The highest BCUT2D eigenvalue weighted by Crippen LogP contribution is 2.28. The van der Waals surface area contributed by atoms with E-state index < -0.39 is 30.7 Å². The molecule has 5 atom stereocenters. The molecule has 5 unspecified atom stereocenters. The van der Waals surface area contributed by atoms with Gasteiger partial charge in [0.15, 0.2) is 11.4 Å². The third kappa shape index (κ3) is 3.13. The van der Waals surface area contributed by atoms with E-state index >= 15 is 0 Å². The fourth-order valence-electron chi connectivity index (χ4n) is 3.03. The Morgan fingerprint density at radius 2 is 2.00 bits per heavy atom. The molecule has 130 valence electrons. The SMILES string of the molecule is OC1C2OCCCOC(C(CNc3nc4ccccc4s3)O2)C1O. The number of benzene rings is 1. The van der Waals surface area contributed by atoms with E-state index in [1.54, 1.807) is 11.3 Å². The van der Waals surface area contributed by atoms with Crippen molar-refractivity contribution in [2.75, 3.05) is 25.1 Å². The molecule has 0 aliphatic carbocycles. The lowest BCUT2D eigenvalue weighted by Gasteiger charge is -2.41. The van der Waals surface area contributed by atoms with Gasteiger partial charge in [0.25, 0.3) is 0 Å². The Morgan fingerprint density at radius 3 is 2.88 bits per heavy atom. The van der Waals surface area contributed by atoms with Gasteiger partial charge >= 0.3 is 0 Å². The van der Waals surface area contributed by atoms with Gasteiger partial charge in [0.2, 0.25) is 0 Å². The van der Waals surface area contributed by atoms with Crippen LogP contribution in [0, 0.1) is 0 Å². The molecule has 2 aromatic rings. The summed E-state index contributed by atoms with van der Waals surface area (Å²) < 4.78 is 18.1. The van der Waals surface area contributed by atoms with Crippen molar-refractivity contribution in [2.24, 2.45) is 0 Å². The van der Waals surface area contributed by atoms with E-state index in [1.165, 1.54) is 0 Å². The van der Waals surface area contributed by atoms with Crippen LogP contribution < -0.4 is 5.32 Å². The van der Waals surface area contributed by atoms with Crippen molar-refractivity contribution in [3.63, 3.8) is 0 Å². The average molecular weight is 352 g/mol. The van der Waals surface area contributed by atoms with Crippen molar-refractivity contribution >= 4 is 26.7 Å². The molecule has 0 amide bonds. The van der Waals surface area contributed by atoms with Crippen LogP contribution in [0.1, 0.15) is 6.42 Å². The van der Waals surface area contributed by atoms with Crippen LogP contribution in [-0.2, 0) is 14.2 Å². The molecule has 4 heterocycles. The van der Waals surface area contributed by atoms with Gasteiger partial charge in [0.1, 0.15) is 24.4 Å². The maximum Gasteiger partial charge on any atom is 0.186 e. The standard InChI is InChI=1S/C16H20N2O5S/c19-12-13(20)15-22-7-3-6-21-14(12)10(23-15)8-17-16-18-9-4-1-2-5-11(9)24-16/h1-2,4-5,10,12-15,19-20H,3,6-8H2,(H,17,18). The number of nitrogens with one attached hydrogen (secondary N) is 1. The molecule has 3 aliphatic rings. The lowest BCUT2D eigenvalue weighted by atomic mass is 9.98. The average Bonchev–Trinajstić information content (AvgIpc) is 3.05. The van der Waals surface area contributed by atoms with E-state index in [2.05, 4.69) is 10.3 Å². The summed E-state index contributed by atoms with van der Waals surface area (Å²) in [6.45, 7) is 1.30. The smallest absolute Gasteiger partial charge is 0.186 e. The largest absolute Gasteiger partial charge is 0.387 e. The molecule has 7 nitrogen and oxygen atoms in total. The predicted molar refractivity (Wildman–Crippen MR) is 89.1 cm³/mol. The molecule has 24 heavy (non-hydrogen) atoms. The Labute approximate surface area is 143 Å². The molecule has 3 N–H and O–H groups in total. The summed E-state index contributed by atoms with van der Waals surface area (Å²) in [6.07, 6.45) is -3.30. The van der Waals surface area contributed by atoms with Crippen molar-refractivity contribution in [3.05, 3.63) is 24.3 Å². The Kier molecular flexibility index (Phi) is 4.66. The monoisotopic (exact) mass is 352 g/mol. The van der Waals surface area contributed by atoms with Gasteiger partial charge in [-0.1, -0.05) is 23.5 Å². The number of thiazole rings is 1. The zero-order valence-corrected chi connectivity index (χ0v) is 13.8. The number of ether oxygens (including phenoxy) is 3. The molecular formula is C16H20N2O5S. The molecule has 1 aromatic heterocycles. The molecule has 0 spiro atoms. The van der Waals surface area contributed by atoms with Crippen molar-refractivity contribution in [1.29, 1.82) is 0 Å². The number of hydrogen-bond acceptors (Lipinski definition) is 8. The number of aromatic nitrogens is 1. The maximum atomic E-state index is 10.3. The highest BCUT2D eigenvalue weighted by molar-refractivity contribution is 7.22. The number of hydrogen-bond donors (Lipinski definition) is 3. The molecule has 2 bridgehead atoms. The lowest BCUT2D eigenvalue weighted by molar-refractivity contribution is -0.291. The number of rotatable bonds is 3. The molecule has 3 saturated heterocycles. The molecule has 0 saturated carbocycles. The van der Waals surface area contributed by atoms with E-state index in [0.717, 1.165) is 15.3 Å². The fraction of sp³-hybridized carbons (Fsp3) is 0.562.